The standard InChI is InChI=1S/C24H29N5O2/c1-4-17(3)21(22(30)25-15-18-11-9-16(2)10-12-18)27-24(31)29-14-13-28-20-8-6-5-7-19(20)26-23(28)29/h5-12,17,21H,4,13-15H2,1-3H3,(H,25,30)(H,27,31)/t17-,21+/m1/s1. The molecule has 3 amide bonds. The summed E-state index contributed by atoms with van der Waals surface area (Å²) >= 11 is 0. The predicted octanol–water partition coefficient (Wildman–Crippen LogP) is 3.61. The van der Waals surface area contributed by atoms with Crippen LogP contribution in [-0.4, -0.2) is 34.1 Å². The second-order valence-electron chi connectivity index (χ2n) is 8.22. The van der Waals surface area contributed by atoms with Gasteiger partial charge in [-0.2, -0.15) is 0 Å². The number of nitrogens with zero attached hydrogens (tertiary/aromatic N) is 3. The van der Waals surface area contributed by atoms with Gasteiger partial charge in [-0.15, -0.1) is 0 Å². The van der Waals surface area contributed by atoms with E-state index in [1.54, 1.807) is 4.90 Å². The molecule has 2 N–H and O–H groups in total. The average Bonchev–Trinajstić information content (AvgIpc) is 3.35. The van der Waals surface area contributed by atoms with Gasteiger partial charge in [-0.05, 0) is 30.5 Å². The number of hydrogen-bond donors (Lipinski definition) is 2. The molecule has 4 rings (SSSR count). The van der Waals surface area contributed by atoms with E-state index >= 15 is 0 Å². The van der Waals surface area contributed by atoms with E-state index < -0.39 is 6.04 Å². The minimum Gasteiger partial charge on any atom is -0.350 e. The van der Waals surface area contributed by atoms with Crippen LogP contribution < -0.4 is 15.5 Å². The van der Waals surface area contributed by atoms with Crippen molar-refractivity contribution in [3.8, 4) is 0 Å². The predicted molar refractivity (Wildman–Crippen MR) is 122 cm³/mol. The van der Waals surface area contributed by atoms with Crippen molar-refractivity contribution in [3.63, 3.8) is 0 Å². The molecular weight excluding hydrogens is 390 g/mol. The van der Waals surface area contributed by atoms with Gasteiger partial charge in [0.15, 0.2) is 0 Å². The van der Waals surface area contributed by atoms with Crippen molar-refractivity contribution in [2.75, 3.05) is 11.4 Å². The molecule has 0 aliphatic carbocycles. The molecule has 162 valence electrons. The number of imidazole rings is 1. The number of amides is 3. The summed E-state index contributed by atoms with van der Waals surface area (Å²) < 4.78 is 2.05. The number of fused-ring (bicyclic) bond motifs is 3. The van der Waals surface area contributed by atoms with Crippen LogP contribution in [0.5, 0.6) is 0 Å². The molecule has 31 heavy (non-hydrogen) atoms. The highest BCUT2D eigenvalue weighted by Crippen LogP contribution is 2.27. The van der Waals surface area contributed by atoms with Crippen LogP contribution in [0, 0.1) is 12.8 Å². The van der Waals surface area contributed by atoms with Crippen molar-refractivity contribution in [3.05, 3.63) is 59.7 Å². The van der Waals surface area contributed by atoms with Gasteiger partial charge in [0.1, 0.15) is 6.04 Å². The number of carbonyl (C=O) groups is 2. The Balaban J connectivity index is 1.46. The largest absolute Gasteiger partial charge is 0.350 e. The molecule has 0 fully saturated rings. The first kappa shape index (κ1) is 20.9. The van der Waals surface area contributed by atoms with Crippen molar-refractivity contribution in [1.29, 1.82) is 0 Å². The molecule has 2 aromatic carbocycles. The van der Waals surface area contributed by atoms with Gasteiger partial charge in [0, 0.05) is 19.6 Å². The van der Waals surface area contributed by atoms with Gasteiger partial charge in [0.25, 0.3) is 0 Å². The van der Waals surface area contributed by atoms with E-state index in [1.165, 1.54) is 5.56 Å². The summed E-state index contributed by atoms with van der Waals surface area (Å²) in [5, 5.41) is 5.94. The lowest BCUT2D eigenvalue weighted by molar-refractivity contribution is -0.124. The average molecular weight is 420 g/mol. The van der Waals surface area contributed by atoms with E-state index in [9.17, 15) is 9.59 Å². The number of carbonyl (C=O) groups excluding carboxylic acids is 2. The molecule has 0 unspecified atom stereocenters. The topological polar surface area (TPSA) is 79.3 Å². The fourth-order valence-electron chi connectivity index (χ4n) is 3.90. The van der Waals surface area contributed by atoms with Crippen LogP contribution in [0.1, 0.15) is 31.4 Å². The summed E-state index contributed by atoms with van der Waals surface area (Å²) in [6.07, 6.45) is 0.779. The second-order valence-corrected chi connectivity index (χ2v) is 8.22. The lowest BCUT2D eigenvalue weighted by Crippen LogP contribution is -2.53. The van der Waals surface area contributed by atoms with E-state index in [4.69, 9.17) is 0 Å². The molecule has 2 atom stereocenters. The lowest BCUT2D eigenvalue weighted by Gasteiger charge is -2.26. The van der Waals surface area contributed by atoms with Gasteiger partial charge >= 0.3 is 6.03 Å². The number of para-hydroxylation sites is 2. The maximum atomic E-state index is 13.1. The zero-order valence-corrected chi connectivity index (χ0v) is 18.3. The van der Waals surface area contributed by atoms with Gasteiger partial charge in [-0.3, -0.25) is 9.69 Å². The number of anilines is 1. The Morgan fingerprint density at radius 2 is 1.84 bits per heavy atom. The number of nitrogens with one attached hydrogen (secondary N) is 2. The number of urea groups is 1. The zero-order valence-electron chi connectivity index (χ0n) is 18.3. The minimum atomic E-state index is -0.610. The van der Waals surface area contributed by atoms with Crippen LogP contribution >= 0.6 is 0 Å². The van der Waals surface area contributed by atoms with Gasteiger partial charge in [-0.1, -0.05) is 62.2 Å². The quantitative estimate of drug-likeness (QED) is 0.641. The van der Waals surface area contributed by atoms with Crippen LogP contribution in [-0.2, 0) is 17.9 Å². The molecule has 0 saturated carbocycles. The Morgan fingerprint density at radius 3 is 2.58 bits per heavy atom. The number of aryl methyl sites for hydroxylation is 1. The monoisotopic (exact) mass is 419 g/mol. The summed E-state index contributed by atoms with van der Waals surface area (Å²) in [4.78, 5) is 32.3. The molecule has 3 aromatic rings. The number of aromatic nitrogens is 2. The minimum absolute atomic E-state index is 0.00314. The van der Waals surface area contributed by atoms with Crippen LogP contribution in [0.2, 0.25) is 0 Å². The first-order valence-corrected chi connectivity index (χ1v) is 10.8. The van der Waals surface area contributed by atoms with Gasteiger partial charge in [-0.25, -0.2) is 9.78 Å². The highest BCUT2D eigenvalue weighted by molar-refractivity contribution is 5.96. The highest BCUT2D eigenvalue weighted by atomic mass is 16.2. The van der Waals surface area contributed by atoms with Crippen molar-refractivity contribution >= 4 is 28.9 Å². The third-order valence-corrected chi connectivity index (χ3v) is 6.03. The van der Waals surface area contributed by atoms with E-state index in [0.29, 0.717) is 25.6 Å². The molecule has 0 radical (unpaired) electrons. The van der Waals surface area contributed by atoms with Crippen LogP contribution in [0.15, 0.2) is 48.5 Å². The normalized spacial score (nSPS) is 14.9. The van der Waals surface area contributed by atoms with E-state index in [0.717, 1.165) is 23.0 Å². The van der Waals surface area contributed by atoms with Crippen LogP contribution in [0.3, 0.4) is 0 Å². The Bertz CT molecular complexity index is 1090. The SMILES string of the molecule is CC[C@@H](C)[C@H](NC(=O)N1CCn2c1nc1ccccc12)C(=O)NCc1ccc(C)cc1. The molecule has 7 heteroatoms. The molecule has 7 nitrogen and oxygen atoms in total. The van der Waals surface area contributed by atoms with Crippen LogP contribution in [0.25, 0.3) is 11.0 Å². The summed E-state index contributed by atoms with van der Waals surface area (Å²) in [6.45, 7) is 7.70. The number of hydrogen-bond acceptors (Lipinski definition) is 3. The lowest BCUT2D eigenvalue weighted by atomic mass is 9.98. The van der Waals surface area contributed by atoms with Gasteiger partial charge < -0.3 is 15.2 Å². The summed E-state index contributed by atoms with van der Waals surface area (Å²) in [5.74, 6) is 0.459. The zero-order chi connectivity index (χ0) is 22.0. The second kappa shape index (κ2) is 8.79. The fourth-order valence-corrected chi connectivity index (χ4v) is 3.90. The molecule has 0 saturated heterocycles. The molecule has 1 aliphatic rings. The maximum Gasteiger partial charge on any atom is 0.324 e. The summed E-state index contributed by atoms with van der Waals surface area (Å²) in [7, 11) is 0. The Hall–Kier alpha value is -3.35. The van der Waals surface area contributed by atoms with Crippen LogP contribution in [0.4, 0.5) is 10.7 Å². The molecule has 2 heterocycles. The van der Waals surface area contributed by atoms with Gasteiger partial charge in [0.2, 0.25) is 11.9 Å². The molecule has 1 aromatic heterocycles. The molecule has 1 aliphatic heterocycles. The third-order valence-electron chi connectivity index (χ3n) is 6.03. The highest BCUT2D eigenvalue weighted by Gasteiger charge is 2.32. The fraction of sp³-hybridized carbons (Fsp3) is 0.375. The van der Waals surface area contributed by atoms with Crippen molar-refractivity contribution in [2.45, 2.75) is 46.3 Å². The van der Waals surface area contributed by atoms with Crippen molar-refractivity contribution in [2.24, 2.45) is 5.92 Å². The first-order chi connectivity index (χ1) is 15.0. The Morgan fingerprint density at radius 1 is 1.10 bits per heavy atom. The maximum absolute atomic E-state index is 13.1. The van der Waals surface area contributed by atoms with Crippen molar-refractivity contribution < 1.29 is 9.59 Å². The van der Waals surface area contributed by atoms with Crippen molar-refractivity contribution in [1.82, 2.24) is 20.2 Å². The van der Waals surface area contributed by atoms with Gasteiger partial charge in [0.05, 0.1) is 11.0 Å². The molecule has 0 bridgehead atoms. The summed E-state index contributed by atoms with van der Waals surface area (Å²) in [5.41, 5.74) is 4.09. The van der Waals surface area contributed by atoms with E-state index in [2.05, 4.69) is 15.6 Å². The number of rotatable bonds is 6. The van der Waals surface area contributed by atoms with E-state index in [-0.39, 0.29) is 17.9 Å². The molecule has 0 spiro atoms. The Labute approximate surface area is 182 Å². The first-order valence-electron chi connectivity index (χ1n) is 10.8. The third kappa shape index (κ3) is 4.26. The Kier molecular flexibility index (Phi) is 5.93. The van der Waals surface area contributed by atoms with E-state index in [1.807, 2.05) is 73.9 Å². The summed E-state index contributed by atoms with van der Waals surface area (Å²) in [6, 6.07) is 15.0. The molecular formula is C24H29N5O2. The smallest absolute Gasteiger partial charge is 0.324 e. The number of benzene rings is 2.